The Morgan fingerprint density at radius 2 is 1.91 bits per heavy atom. The number of H-pyrrole nitrogens is 1. The Balaban J connectivity index is 2.19. The summed E-state index contributed by atoms with van der Waals surface area (Å²) in [5.41, 5.74) is 3.19. The summed E-state index contributed by atoms with van der Waals surface area (Å²) < 4.78 is 1.72. The molecule has 5 heteroatoms. The van der Waals surface area contributed by atoms with Gasteiger partial charge in [-0.05, 0) is 37.6 Å². The first kappa shape index (κ1) is 12.8. The molecule has 1 aromatic carbocycles. The molecule has 0 bridgehead atoms. The summed E-state index contributed by atoms with van der Waals surface area (Å²) in [6.07, 6.45) is 1.73. The first-order chi connectivity index (χ1) is 10.7. The number of fused-ring (bicyclic) bond motifs is 2. The first-order valence-corrected chi connectivity index (χ1v) is 7.09. The molecule has 0 aliphatic rings. The lowest BCUT2D eigenvalue weighted by molar-refractivity contribution is 0.840. The van der Waals surface area contributed by atoms with E-state index >= 15 is 0 Å². The predicted molar refractivity (Wildman–Crippen MR) is 86.5 cm³/mol. The van der Waals surface area contributed by atoms with Gasteiger partial charge in [-0.1, -0.05) is 18.2 Å². The molecule has 0 unspecified atom stereocenters. The van der Waals surface area contributed by atoms with E-state index in [-0.39, 0.29) is 5.43 Å². The highest BCUT2D eigenvalue weighted by Gasteiger charge is 2.16. The Morgan fingerprint density at radius 3 is 2.73 bits per heavy atom. The van der Waals surface area contributed by atoms with Crippen molar-refractivity contribution in [2.75, 3.05) is 0 Å². The molecule has 0 atom stereocenters. The van der Waals surface area contributed by atoms with Crippen LogP contribution in [0.2, 0.25) is 0 Å². The smallest absolute Gasteiger partial charge is 0.200 e. The van der Waals surface area contributed by atoms with Crippen molar-refractivity contribution in [2.24, 2.45) is 0 Å². The van der Waals surface area contributed by atoms with Gasteiger partial charge in [0.15, 0.2) is 5.82 Å². The molecule has 108 valence electrons. The van der Waals surface area contributed by atoms with Gasteiger partial charge in [-0.25, -0.2) is 4.98 Å². The summed E-state index contributed by atoms with van der Waals surface area (Å²) in [7, 11) is 0. The van der Waals surface area contributed by atoms with Crippen molar-refractivity contribution in [1.29, 1.82) is 0 Å². The lowest BCUT2D eigenvalue weighted by Crippen LogP contribution is -2.06. The van der Waals surface area contributed by atoms with Crippen molar-refractivity contribution in [3.05, 3.63) is 64.1 Å². The summed E-state index contributed by atoms with van der Waals surface area (Å²) >= 11 is 0. The molecule has 0 amide bonds. The van der Waals surface area contributed by atoms with Crippen LogP contribution in [0.5, 0.6) is 0 Å². The molecule has 1 N–H and O–H groups in total. The summed E-state index contributed by atoms with van der Waals surface area (Å²) in [5.74, 6) is 0.728. The highest BCUT2D eigenvalue weighted by molar-refractivity contribution is 5.92. The molecule has 22 heavy (non-hydrogen) atoms. The number of hydrogen-bond acceptors (Lipinski definition) is 3. The van der Waals surface area contributed by atoms with E-state index < -0.39 is 0 Å². The summed E-state index contributed by atoms with van der Waals surface area (Å²) in [4.78, 5) is 20.5. The largest absolute Gasteiger partial charge is 0.339 e. The van der Waals surface area contributed by atoms with Crippen molar-refractivity contribution in [2.45, 2.75) is 13.8 Å². The van der Waals surface area contributed by atoms with Crippen LogP contribution in [0.3, 0.4) is 0 Å². The minimum atomic E-state index is 0.00156. The van der Waals surface area contributed by atoms with Gasteiger partial charge in [0.1, 0.15) is 5.65 Å². The maximum Gasteiger partial charge on any atom is 0.200 e. The Morgan fingerprint density at radius 1 is 1.09 bits per heavy atom. The van der Waals surface area contributed by atoms with Crippen LogP contribution in [0, 0.1) is 13.8 Å². The third-order valence-electron chi connectivity index (χ3n) is 3.89. The third kappa shape index (κ3) is 1.69. The molecule has 4 aromatic rings. The molecule has 0 saturated carbocycles. The normalized spacial score (nSPS) is 11.4. The zero-order chi connectivity index (χ0) is 15.3. The highest BCUT2D eigenvalue weighted by atomic mass is 16.1. The average molecular weight is 290 g/mol. The summed E-state index contributed by atoms with van der Waals surface area (Å²) in [6.45, 7) is 3.82. The number of nitrogens with zero attached hydrogens (tertiary/aromatic N) is 3. The van der Waals surface area contributed by atoms with Crippen LogP contribution in [0.25, 0.3) is 27.8 Å². The number of aromatic nitrogens is 4. The predicted octanol–water partition coefficient (Wildman–Crippen LogP) is 2.88. The third-order valence-corrected chi connectivity index (χ3v) is 3.89. The second-order valence-electron chi connectivity index (χ2n) is 5.36. The molecule has 3 aromatic heterocycles. The fourth-order valence-electron chi connectivity index (χ4n) is 2.82. The van der Waals surface area contributed by atoms with Crippen molar-refractivity contribution >= 4 is 21.9 Å². The molecule has 4 rings (SSSR count). The second kappa shape index (κ2) is 4.53. The zero-order valence-electron chi connectivity index (χ0n) is 12.3. The standard InChI is InChI=1S/C17H14N4O/c1-10-6-5-9-18-16(10)21-17-14(11(2)20-21)15(22)12-7-3-4-8-13(12)19-17/h3-9H,1-2H3,(H,19,22). The van der Waals surface area contributed by atoms with Crippen LogP contribution in [0.4, 0.5) is 0 Å². The second-order valence-corrected chi connectivity index (χ2v) is 5.36. The van der Waals surface area contributed by atoms with Gasteiger partial charge in [-0.15, -0.1) is 0 Å². The van der Waals surface area contributed by atoms with Gasteiger partial charge < -0.3 is 4.98 Å². The van der Waals surface area contributed by atoms with Gasteiger partial charge in [0.05, 0.1) is 16.6 Å². The minimum absolute atomic E-state index is 0.00156. The maximum atomic E-state index is 12.7. The Labute approximate surface area is 126 Å². The van der Waals surface area contributed by atoms with Gasteiger partial charge >= 0.3 is 0 Å². The van der Waals surface area contributed by atoms with E-state index in [4.69, 9.17) is 0 Å². The topological polar surface area (TPSA) is 63.6 Å². The number of hydrogen-bond donors (Lipinski definition) is 1. The number of benzene rings is 1. The van der Waals surface area contributed by atoms with Crippen LogP contribution in [0.15, 0.2) is 47.4 Å². The Kier molecular flexibility index (Phi) is 2.63. The van der Waals surface area contributed by atoms with Gasteiger partial charge in [-0.2, -0.15) is 9.78 Å². The van der Waals surface area contributed by atoms with E-state index in [0.29, 0.717) is 22.1 Å². The molecule has 0 aliphatic heterocycles. The number of aromatic amines is 1. The van der Waals surface area contributed by atoms with Crippen LogP contribution in [0.1, 0.15) is 11.3 Å². The van der Waals surface area contributed by atoms with Gasteiger partial charge in [-0.3, -0.25) is 4.79 Å². The quantitative estimate of drug-likeness (QED) is 0.586. The molecule has 0 fully saturated rings. The van der Waals surface area contributed by atoms with Gasteiger partial charge in [0.2, 0.25) is 5.43 Å². The molecule has 0 radical (unpaired) electrons. The molecular formula is C17H14N4O. The molecule has 0 aliphatic carbocycles. The lowest BCUT2D eigenvalue weighted by Gasteiger charge is -2.06. The van der Waals surface area contributed by atoms with Crippen LogP contribution in [-0.4, -0.2) is 19.7 Å². The summed E-state index contributed by atoms with van der Waals surface area (Å²) in [6, 6.07) is 11.4. The molecule has 0 spiro atoms. The minimum Gasteiger partial charge on any atom is -0.339 e. The van der Waals surface area contributed by atoms with Crippen molar-refractivity contribution in [3.63, 3.8) is 0 Å². The van der Waals surface area contributed by atoms with E-state index in [1.165, 1.54) is 0 Å². The van der Waals surface area contributed by atoms with Crippen molar-refractivity contribution < 1.29 is 0 Å². The van der Waals surface area contributed by atoms with Gasteiger partial charge in [0.25, 0.3) is 0 Å². The number of pyridine rings is 2. The van der Waals surface area contributed by atoms with E-state index in [0.717, 1.165) is 16.9 Å². The maximum absolute atomic E-state index is 12.7. The molecule has 5 nitrogen and oxygen atoms in total. The van der Waals surface area contributed by atoms with E-state index in [9.17, 15) is 4.79 Å². The molecule has 3 heterocycles. The number of nitrogens with one attached hydrogen (secondary N) is 1. The number of para-hydroxylation sites is 1. The van der Waals surface area contributed by atoms with Crippen LogP contribution >= 0.6 is 0 Å². The van der Waals surface area contributed by atoms with Crippen molar-refractivity contribution in [1.82, 2.24) is 19.7 Å². The van der Waals surface area contributed by atoms with E-state index in [1.807, 2.05) is 50.2 Å². The SMILES string of the molecule is Cc1cccnc1-n1nc(C)c2c(=O)c3ccccc3[nH]c21. The van der Waals surface area contributed by atoms with E-state index in [1.54, 1.807) is 10.9 Å². The van der Waals surface area contributed by atoms with Crippen LogP contribution < -0.4 is 5.43 Å². The fraction of sp³-hybridized carbons (Fsp3) is 0.118. The zero-order valence-corrected chi connectivity index (χ0v) is 12.3. The first-order valence-electron chi connectivity index (χ1n) is 7.09. The number of rotatable bonds is 1. The lowest BCUT2D eigenvalue weighted by atomic mass is 10.1. The summed E-state index contributed by atoms with van der Waals surface area (Å²) in [5, 5.41) is 5.82. The number of aryl methyl sites for hydroxylation is 2. The van der Waals surface area contributed by atoms with Crippen LogP contribution in [-0.2, 0) is 0 Å². The molecule has 0 saturated heterocycles. The Bertz CT molecular complexity index is 1080. The molecular weight excluding hydrogens is 276 g/mol. The van der Waals surface area contributed by atoms with E-state index in [2.05, 4.69) is 15.1 Å². The average Bonchev–Trinajstić information content (AvgIpc) is 2.85. The highest BCUT2D eigenvalue weighted by Crippen LogP contribution is 2.21. The van der Waals surface area contributed by atoms with Gasteiger partial charge in [0, 0.05) is 11.6 Å². The Hall–Kier alpha value is -2.95. The monoisotopic (exact) mass is 290 g/mol. The van der Waals surface area contributed by atoms with Crippen molar-refractivity contribution in [3.8, 4) is 5.82 Å². The fourth-order valence-corrected chi connectivity index (χ4v) is 2.82.